The summed E-state index contributed by atoms with van der Waals surface area (Å²) in [6, 6.07) is 0.838. The smallest absolute Gasteiger partial charge is 0.0603 e. The van der Waals surface area contributed by atoms with Gasteiger partial charge >= 0.3 is 0 Å². The van der Waals surface area contributed by atoms with E-state index in [4.69, 9.17) is 0 Å². The van der Waals surface area contributed by atoms with Gasteiger partial charge in [-0.3, -0.25) is 0 Å². The molecule has 2 rings (SSSR count). The fourth-order valence-electron chi connectivity index (χ4n) is 3.42. The summed E-state index contributed by atoms with van der Waals surface area (Å²) >= 11 is 0. The third kappa shape index (κ3) is 3.21. The zero-order valence-corrected chi connectivity index (χ0v) is 10.9. The summed E-state index contributed by atoms with van der Waals surface area (Å²) in [4.78, 5) is 2.66. The van der Waals surface area contributed by atoms with Gasteiger partial charge in [-0.1, -0.05) is 12.8 Å². The van der Waals surface area contributed by atoms with Crippen LogP contribution in [-0.4, -0.2) is 34.7 Å². The standard InChI is InChI=1S/C14H27NO/c1-14(2,16)9-11-15-10-5-7-12-6-3-4-8-13(12)15/h12-13,16H,3-11H2,1-2H3. The Morgan fingerprint density at radius 1 is 1.12 bits per heavy atom. The molecule has 0 amide bonds. The van der Waals surface area contributed by atoms with Crippen LogP contribution in [0, 0.1) is 5.92 Å². The van der Waals surface area contributed by atoms with Crippen LogP contribution < -0.4 is 0 Å². The Labute approximate surface area is 100 Å². The maximum atomic E-state index is 9.82. The molecule has 2 fully saturated rings. The van der Waals surface area contributed by atoms with E-state index in [9.17, 15) is 5.11 Å². The van der Waals surface area contributed by atoms with E-state index in [1.54, 1.807) is 0 Å². The van der Waals surface area contributed by atoms with Crippen molar-refractivity contribution in [1.82, 2.24) is 4.90 Å². The number of aliphatic hydroxyl groups is 1. The largest absolute Gasteiger partial charge is 0.390 e. The molecule has 1 aliphatic heterocycles. The molecule has 2 heteroatoms. The summed E-state index contributed by atoms with van der Waals surface area (Å²) in [7, 11) is 0. The van der Waals surface area contributed by atoms with E-state index in [0.29, 0.717) is 0 Å². The summed E-state index contributed by atoms with van der Waals surface area (Å²) in [5.74, 6) is 0.962. The average Bonchev–Trinajstić information content (AvgIpc) is 2.25. The van der Waals surface area contributed by atoms with Crippen molar-refractivity contribution < 1.29 is 5.11 Å². The summed E-state index contributed by atoms with van der Waals surface area (Å²) in [5.41, 5.74) is -0.498. The molecule has 2 unspecified atom stereocenters. The first-order chi connectivity index (χ1) is 7.56. The first-order valence-electron chi connectivity index (χ1n) is 7.03. The van der Waals surface area contributed by atoms with Gasteiger partial charge in [-0.2, -0.15) is 0 Å². The molecule has 0 aromatic heterocycles. The molecule has 94 valence electrons. The lowest BCUT2D eigenvalue weighted by Crippen LogP contribution is -2.48. The van der Waals surface area contributed by atoms with Crippen LogP contribution in [0.25, 0.3) is 0 Å². The van der Waals surface area contributed by atoms with Crippen LogP contribution >= 0.6 is 0 Å². The van der Waals surface area contributed by atoms with E-state index >= 15 is 0 Å². The third-order valence-corrected chi connectivity index (χ3v) is 4.37. The van der Waals surface area contributed by atoms with Crippen LogP contribution in [0.3, 0.4) is 0 Å². The normalized spacial score (nSPS) is 32.4. The minimum atomic E-state index is -0.498. The Balaban J connectivity index is 1.87. The predicted molar refractivity (Wildman–Crippen MR) is 67.5 cm³/mol. The molecule has 0 bridgehead atoms. The van der Waals surface area contributed by atoms with Gasteiger partial charge in [0.1, 0.15) is 0 Å². The van der Waals surface area contributed by atoms with E-state index in [-0.39, 0.29) is 0 Å². The molecule has 1 aliphatic carbocycles. The van der Waals surface area contributed by atoms with Crippen LogP contribution in [0.5, 0.6) is 0 Å². The molecule has 2 aliphatic rings. The van der Waals surface area contributed by atoms with E-state index < -0.39 is 5.60 Å². The van der Waals surface area contributed by atoms with Crippen molar-refractivity contribution in [3.63, 3.8) is 0 Å². The minimum Gasteiger partial charge on any atom is -0.390 e. The second-order valence-electron chi connectivity index (χ2n) is 6.35. The topological polar surface area (TPSA) is 23.5 Å². The molecule has 0 aromatic carbocycles. The molecule has 2 atom stereocenters. The van der Waals surface area contributed by atoms with Gasteiger partial charge in [0, 0.05) is 12.6 Å². The van der Waals surface area contributed by atoms with Crippen LogP contribution in [0.1, 0.15) is 58.8 Å². The summed E-state index contributed by atoms with van der Waals surface area (Å²) in [6.45, 7) is 6.20. The fourth-order valence-corrected chi connectivity index (χ4v) is 3.42. The number of rotatable bonds is 3. The minimum absolute atomic E-state index is 0.498. The average molecular weight is 225 g/mol. The molecule has 16 heavy (non-hydrogen) atoms. The molecule has 0 spiro atoms. The van der Waals surface area contributed by atoms with Gasteiger partial charge in [0.2, 0.25) is 0 Å². The highest BCUT2D eigenvalue weighted by Crippen LogP contribution is 2.35. The third-order valence-electron chi connectivity index (χ3n) is 4.37. The monoisotopic (exact) mass is 225 g/mol. The van der Waals surface area contributed by atoms with Gasteiger partial charge in [-0.15, -0.1) is 0 Å². The molecular formula is C14H27NO. The molecule has 1 saturated heterocycles. The lowest BCUT2D eigenvalue weighted by atomic mass is 9.78. The predicted octanol–water partition coefficient (Wildman–Crippen LogP) is 2.80. The molecule has 0 radical (unpaired) electrons. The Hall–Kier alpha value is -0.0800. The zero-order chi connectivity index (χ0) is 11.6. The SMILES string of the molecule is CC(C)(O)CCN1CCCC2CCCCC21. The number of nitrogens with zero attached hydrogens (tertiary/aromatic N) is 1. The van der Waals surface area contributed by atoms with Gasteiger partial charge in [0.05, 0.1) is 5.60 Å². The van der Waals surface area contributed by atoms with Crippen molar-refractivity contribution in [3.8, 4) is 0 Å². The van der Waals surface area contributed by atoms with E-state index in [1.807, 2.05) is 13.8 Å². The zero-order valence-electron chi connectivity index (χ0n) is 10.9. The van der Waals surface area contributed by atoms with Crippen molar-refractivity contribution in [2.75, 3.05) is 13.1 Å². The first-order valence-corrected chi connectivity index (χ1v) is 7.03. The van der Waals surface area contributed by atoms with Crippen LogP contribution in [0.4, 0.5) is 0 Å². The van der Waals surface area contributed by atoms with Crippen molar-refractivity contribution >= 4 is 0 Å². The summed E-state index contributed by atoms with van der Waals surface area (Å²) in [6.07, 6.45) is 9.44. The maximum absolute atomic E-state index is 9.82. The van der Waals surface area contributed by atoms with Crippen LogP contribution in [-0.2, 0) is 0 Å². The van der Waals surface area contributed by atoms with Gasteiger partial charge in [0.25, 0.3) is 0 Å². The fraction of sp³-hybridized carbons (Fsp3) is 1.00. The number of hydrogen-bond donors (Lipinski definition) is 1. The Bertz CT molecular complexity index is 219. The second kappa shape index (κ2) is 5.05. The maximum Gasteiger partial charge on any atom is 0.0603 e. The van der Waals surface area contributed by atoms with Crippen LogP contribution in [0.2, 0.25) is 0 Å². The molecule has 1 saturated carbocycles. The van der Waals surface area contributed by atoms with Crippen molar-refractivity contribution in [1.29, 1.82) is 0 Å². The Kier molecular flexibility index (Phi) is 3.91. The van der Waals surface area contributed by atoms with E-state index in [0.717, 1.165) is 24.9 Å². The summed E-state index contributed by atoms with van der Waals surface area (Å²) < 4.78 is 0. The van der Waals surface area contributed by atoms with Gasteiger partial charge in [-0.05, 0) is 58.4 Å². The number of fused-ring (bicyclic) bond motifs is 1. The summed E-state index contributed by atoms with van der Waals surface area (Å²) in [5, 5.41) is 9.82. The van der Waals surface area contributed by atoms with Crippen molar-refractivity contribution in [3.05, 3.63) is 0 Å². The number of piperidine rings is 1. The Morgan fingerprint density at radius 2 is 1.81 bits per heavy atom. The quantitative estimate of drug-likeness (QED) is 0.798. The van der Waals surface area contributed by atoms with Crippen molar-refractivity contribution in [2.45, 2.75) is 70.4 Å². The highest BCUT2D eigenvalue weighted by molar-refractivity contribution is 4.87. The molecule has 1 heterocycles. The van der Waals surface area contributed by atoms with Gasteiger partial charge in [-0.25, -0.2) is 0 Å². The van der Waals surface area contributed by atoms with Gasteiger partial charge < -0.3 is 10.0 Å². The van der Waals surface area contributed by atoms with Gasteiger partial charge in [0.15, 0.2) is 0 Å². The molecule has 2 nitrogen and oxygen atoms in total. The number of likely N-dealkylation sites (tertiary alicyclic amines) is 1. The lowest BCUT2D eigenvalue weighted by Gasteiger charge is -2.44. The highest BCUT2D eigenvalue weighted by Gasteiger charge is 2.33. The second-order valence-corrected chi connectivity index (χ2v) is 6.35. The molecular weight excluding hydrogens is 198 g/mol. The van der Waals surface area contributed by atoms with E-state index in [1.165, 1.54) is 45.1 Å². The number of hydrogen-bond acceptors (Lipinski definition) is 2. The van der Waals surface area contributed by atoms with Crippen LogP contribution in [0.15, 0.2) is 0 Å². The van der Waals surface area contributed by atoms with Crippen molar-refractivity contribution in [2.24, 2.45) is 5.92 Å². The van der Waals surface area contributed by atoms with E-state index in [2.05, 4.69) is 4.90 Å². The molecule has 0 aromatic rings. The highest BCUT2D eigenvalue weighted by atomic mass is 16.3. The first kappa shape index (κ1) is 12.4. The lowest BCUT2D eigenvalue weighted by molar-refractivity contribution is 0.0197. The Morgan fingerprint density at radius 3 is 2.56 bits per heavy atom. The molecule has 1 N–H and O–H groups in total.